The second-order valence-corrected chi connectivity index (χ2v) is 4.88. The van der Waals surface area contributed by atoms with Crippen LogP contribution >= 0.6 is 22.9 Å². The Kier molecular flexibility index (Phi) is 4.68. The summed E-state index contributed by atoms with van der Waals surface area (Å²) in [6, 6.07) is 3.80. The highest BCUT2D eigenvalue weighted by molar-refractivity contribution is 7.19. The molecule has 0 spiro atoms. The van der Waals surface area contributed by atoms with Crippen molar-refractivity contribution < 1.29 is 5.11 Å². The van der Waals surface area contributed by atoms with Crippen LogP contribution in [-0.4, -0.2) is 31.3 Å². The summed E-state index contributed by atoms with van der Waals surface area (Å²) in [5.74, 6) is 0. The maximum absolute atomic E-state index is 9.54. The van der Waals surface area contributed by atoms with Gasteiger partial charge < -0.3 is 15.7 Å². The van der Waals surface area contributed by atoms with Gasteiger partial charge in [0, 0.05) is 13.6 Å². The van der Waals surface area contributed by atoms with Crippen molar-refractivity contribution in [2.45, 2.75) is 12.5 Å². The quantitative estimate of drug-likeness (QED) is 0.813. The minimum atomic E-state index is -0.370. The fourth-order valence-corrected chi connectivity index (χ4v) is 2.20. The smallest absolute Gasteiger partial charge is 0.0950 e. The van der Waals surface area contributed by atoms with E-state index in [9.17, 15) is 5.11 Å². The second-order valence-electron chi connectivity index (χ2n) is 3.19. The predicted molar refractivity (Wildman–Crippen MR) is 62.3 cm³/mol. The highest BCUT2D eigenvalue weighted by Gasteiger charge is 2.09. The van der Waals surface area contributed by atoms with Gasteiger partial charge in [-0.15, -0.1) is 11.3 Å². The summed E-state index contributed by atoms with van der Waals surface area (Å²) in [6.45, 7) is 1.11. The Hall–Kier alpha value is -0.290. The van der Waals surface area contributed by atoms with Gasteiger partial charge >= 0.3 is 0 Å². The number of aliphatic hydroxyl groups excluding tert-OH is 1. The Morgan fingerprint density at radius 1 is 1.64 bits per heavy atom. The molecule has 0 amide bonds. The van der Waals surface area contributed by atoms with Crippen LogP contribution in [0.15, 0.2) is 12.1 Å². The van der Waals surface area contributed by atoms with Crippen LogP contribution in [0, 0.1) is 0 Å². The first kappa shape index (κ1) is 11.8. The van der Waals surface area contributed by atoms with Crippen molar-refractivity contribution in [3.05, 3.63) is 16.5 Å². The fourth-order valence-electron chi connectivity index (χ4n) is 1.20. The van der Waals surface area contributed by atoms with E-state index in [-0.39, 0.29) is 6.10 Å². The summed E-state index contributed by atoms with van der Waals surface area (Å²) in [7, 11) is 1.93. The maximum atomic E-state index is 9.54. The van der Waals surface area contributed by atoms with Crippen molar-refractivity contribution in [3.63, 3.8) is 0 Å². The molecule has 0 radical (unpaired) electrons. The number of rotatable bonds is 5. The number of nitrogens with zero attached hydrogens (tertiary/aromatic N) is 1. The first-order chi connectivity index (χ1) is 6.63. The summed E-state index contributed by atoms with van der Waals surface area (Å²) >= 11 is 7.32. The van der Waals surface area contributed by atoms with Gasteiger partial charge in [-0.1, -0.05) is 11.6 Å². The molecule has 1 rings (SSSR count). The lowest BCUT2D eigenvalue weighted by atomic mass is 10.2. The number of halogens is 1. The molecule has 0 aliphatic rings. The summed E-state index contributed by atoms with van der Waals surface area (Å²) in [6.07, 6.45) is 0.259. The summed E-state index contributed by atoms with van der Waals surface area (Å²) in [5.41, 5.74) is 5.35. The molecule has 0 bridgehead atoms. The van der Waals surface area contributed by atoms with Gasteiger partial charge in [0.25, 0.3) is 0 Å². The summed E-state index contributed by atoms with van der Waals surface area (Å²) in [5, 5.41) is 10.6. The van der Waals surface area contributed by atoms with Crippen molar-refractivity contribution in [1.82, 2.24) is 0 Å². The minimum Gasteiger partial charge on any atom is -0.391 e. The molecule has 1 unspecified atom stereocenters. The van der Waals surface area contributed by atoms with Crippen molar-refractivity contribution in [1.29, 1.82) is 0 Å². The normalized spacial score (nSPS) is 12.9. The number of aliphatic hydroxyl groups is 1. The number of hydrogen-bond donors (Lipinski definition) is 2. The molecule has 3 N–H and O–H groups in total. The van der Waals surface area contributed by atoms with E-state index in [1.165, 1.54) is 11.3 Å². The molecule has 0 fully saturated rings. The molecule has 1 heterocycles. The van der Waals surface area contributed by atoms with Crippen LogP contribution in [0.5, 0.6) is 0 Å². The van der Waals surface area contributed by atoms with E-state index in [4.69, 9.17) is 17.3 Å². The number of nitrogens with two attached hydrogens (primary N) is 1. The van der Waals surface area contributed by atoms with Gasteiger partial charge in [0.2, 0.25) is 0 Å². The third kappa shape index (κ3) is 3.46. The predicted octanol–water partition coefficient (Wildman–Crippen LogP) is 1.55. The van der Waals surface area contributed by atoms with Gasteiger partial charge in [-0.3, -0.25) is 0 Å². The van der Waals surface area contributed by atoms with Gasteiger partial charge in [0.05, 0.1) is 15.4 Å². The van der Waals surface area contributed by atoms with Crippen molar-refractivity contribution in [2.75, 3.05) is 25.0 Å². The van der Waals surface area contributed by atoms with E-state index in [2.05, 4.69) is 0 Å². The molecular formula is C9H15ClN2OS. The molecule has 0 aromatic carbocycles. The highest BCUT2D eigenvalue weighted by Crippen LogP contribution is 2.28. The van der Waals surface area contributed by atoms with Crippen LogP contribution in [0.2, 0.25) is 4.34 Å². The lowest BCUT2D eigenvalue weighted by Crippen LogP contribution is -2.29. The van der Waals surface area contributed by atoms with E-state index in [1.54, 1.807) is 0 Å². The van der Waals surface area contributed by atoms with Crippen LogP contribution in [0.1, 0.15) is 6.42 Å². The molecule has 3 nitrogen and oxygen atoms in total. The summed E-state index contributed by atoms with van der Waals surface area (Å²) in [4.78, 5) is 1.98. The Morgan fingerprint density at radius 2 is 2.36 bits per heavy atom. The van der Waals surface area contributed by atoms with E-state index in [0.717, 1.165) is 9.34 Å². The van der Waals surface area contributed by atoms with Crippen LogP contribution in [0.25, 0.3) is 0 Å². The number of anilines is 1. The van der Waals surface area contributed by atoms with Gasteiger partial charge in [-0.05, 0) is 25.1 Å². The Morgan fingerprint density at radius 3 is 2.86 bits per heavy atom. The van der Waals surface area contributed by atoms with Crippen LogP contribution < -0.4 is 10.6 Å². The van der Waals surface area contributed by atoms with Gasteiger partial charge in [-0.2, -0.15) is 0 Å². The molecule has 0 saturated heterocycles. The molecule has 0 aliphatic carbocycles. The van der Waals surface area contributed by atoms with E-state index < -0.39 is 0 Å². The molecule has 1 aromatic rings. The zero-order valence-electron chi connectivity index (χ0n) is 8.11. The number of likely N-dealkylation sites (N-methyl/N-ethyl adjacent to an activating group) is 1. The zero-order valence-corrected chi connectivity index (χ0v) is 9.68. The van der Waals surface area contributed by atoms with E-state index in [1.807, 2.05) is 24.1 Å². The van der Waals surface area contributed by atoms with Crippen molar-refractivity contribution >= 4 is 27.9 Å². The average Bonchev–Trinajstić information content (AvgIpc) is 2.52. The number of thiophene rings is 1. The standard InChI is InChI=1S/C9H15ClN2OS/c1-12(6-7(13)4-5-11)9-3-2-8(10)14-9/h2-3,7,13H,4-6,11H2,1H3. The molecular weight excluding hydrogens is 220 g/mol. The second kappa shape index (κ2) is 5.56. The average molecular weight is 235 g/mol. The number of hydrogen-bond acceptors (Lipinski definition) is 4. The van der Waals surface area contributed by atoms with E-state index in [0.29, 0.717) is 19.5 Å². The monoisotopic (exact) mass is 234 g/mol. The third-order valence-electron chi connectivity index (χ3n) is 1.92. The molecule has 0 aliphatic heterocycles. The van der Waals surface area contributed by atoms with E-state index >= 15 is 0 Å². The molecule has 14 heavy (non-hydrogen) atoms. The van der Waals surface area contributed by atoms with Gasteiger partial charge in [0.15, 0.2) is 0 Å². The Bertz CT molecular complexity index is 280. The largest absolute Gasteiger partial charge is 0.391 e. The zero-order chi connectivity index (χ0) is 10.6. The molecule has 5 heteroatoms. The first-order valence-corrected chi connectivity index (χ1v) is 5.67. The topological polar surface area (TPSA) is 49.5 Å². The Balaban J connectivity index is 2.45. The lowest BCUT2D eigenvalue weighted by Gasteiger charge is -2.20. The molecule has 80 valence electrons. The Labute approximate surface area is 93.1 Å². The van der Waals surface area contributed by atoms with Gasteiger partial charge in [-0.25, -0.2) is 0 Å². The highest BCUT2D eigenvalue weighted by atomic mass is 35.5. The van der Waals surface area contributed by atoms with Crippen LogP contribution in [0.4, 0.5) is 5.00 Å². The van der Waals surface area contributed by atoms with Crippen molar-refractivity contribution in [3.8, 4) is 0 Å². The van der Waals surface area contributed by atoms with Gasteiger partial charge in [0.1, 0.15) is 0 Å². The lowest BCUT2D eigenvalue weighted by molar-refractivity contribution is 0.174. The van der Waals surface area contributed by atoms with Crippen molar-refractivity contribution in [2.24, 2.45) is 5.73 Å². The SMILES string of the molecule is CN(CC(O)CCN)c1ccc(Cl)s1. The van der Waals surface area contributed by atoms with Crippen LogP contribution in [-0.2, 0) is 0 Å². The fraction of sp³-hybridized carbons (Fsp3) is 0.556. The third-order valence-corrected chi connectivity index (χ3v) is 3.27. The summed E-state index contributed by atoms with van der Waals surface area (Å²) < 4.78 is 0.764. The molecule has 1 atom stereocenters. The molecule has 1 aromatic heterocycles. The minimum absolute atomic E-state index is 0.370. The maximum Gasteiger partial charge on any atom is 0.0950 e. The van der Waals surface area contributed by atoms with Crippen LogP contribution in [0.3, 0.4) is 0 Å². The molecule has 0 saturated carbocycles. The first-order valence-electron chi connectivity index (χ1n) is 4.48.